The van der Waals surface area contributed by atoms with Gasteiger partial charge in [0.05, 0.1) is 7.11 Å². The van der Waals surface area contributed by atoms with E-state index < -0.39 is 0 Å². The van der Waals surface area contributed by atoms with E-state index in [-0.39, 0.29) is 0 Å². The minimum atomic E-state index is 0.892. The van der Waals surface area contributed by atoms with Gasteiger partial charge in [0.2, 0.25) is 0 Å². The number of ether oxygens (including phenoxy) is 1. The Hall–Kier alpha value is -2.02. The second-order valence-electron chi connectivity index (χ2n) is 4.06. The second-order valence-corrected chi connectivity index (χ2v) is 4.06. The summed E-state index contributed by atoms with van der Waals surface area (Å²) in [6, 6.07) is 14.6. The first-order chi connectivity index (χ1) is 8.38. The second kappa shape index (κ2) is 4.10. The first-order valence-corrected chi connectivity index (χ1v) is 5.67. The van der Waals surface area contributed by atoms with E-state index in [9.17, 15) is 0 Å². The lowest BCUT2D eigenvalue weighted by Crippen LogP contribution is -1.87. The van der Waals surface area contributed by atoms with Crippen LogP contribution in [-0.4, -0.2) is 7.11 Å². The van der Waals surface area contributed by atoms with Crippen LogP contribution in [0.5, 0.6) is 5.75 Å². The molecule has 3 rings (SSSR count). The molecule has 1 aliphatic carbocycles. The third kappa shape index (κ3) is 1.74. The first-order valence-electron chi connectivity index (χ1n) is 5.67. The van der Waals surface area contributed by atoms with Crippen LogP contribution in [0.1, 0.15) is 11.1 Å². The Labute approximate surface area is 101 Å². The van der Waals surface area contributed by atoms with E-state index in [2.05, 4.69) is 48.9 Å². The van der Waals surface area contributed by atoms with Crippen molar-refractivity contribution < 1.29 is 4.74 Å². The number of allylic oxidation sites excluding steroid dienone is 1. The zero-order valence-corrected chi connectivity index (χ0v) is 9.68. The molecule has 0 aliphatic heterocycles. The summed E-state index contributed by atoms with van der Waals surface area (Å²) in [5, 5.41) is 0. The molecule has 1 aliphatic rings. The third-order valence-corrected chi connectivity index (χ3v) is 3.08. The van der Waals surface area contributed by atoms with Crippen LogP contribution < -0.4 is 4.74 Å². The summed E-state index contributed by atoms with van der Waals surface area (Å²) in [7, 11) is 1.69. The topological polar surface area (TPSA) is 9.23 Å². The van der Waals surface area contributed by atoms with Gasteiger partial charge in [-0.05, 0) is 34.4 Å². The number of benzene rings is 2. The smallest absolute Gasteiger partial charge is 0.118 e. The fourth-order valence-corrected chi connectivity index (χ4v) is 2.18. The van der Waals surface area contributed by atoms with Gasteiger partial charge in [0.25, 0.3) is 0 Å². The molecule has 0 bridgehead atoms. The van der Waals surface area contributed by atoms with Crippen molar-refractivity contribution in [1.82, 2.24) is 0 Å². The normalized spacial score (nSPS) is 12.5. The van der Waals surface area contributed by atoms with Crippen molar-refractivity contribution in [3.8, 4) is 16.9 Å². The minimum Gasteiger partial charge on any atom is -0.497 e. The number of methoxy groups -OCH3 is 1. The maximum absolute atomic E-state index is 5.18. The van der Waals surface area contributed by atoms with Gasteiger partial charge in [-0.15, -0.1) is 0 Å². The van der Waals surface area contributed by atoms with Gasteiger partial charge in [-0.1, -0.05) is 42.5 Å². The molecule has 2 aromatic rings. The van der Waals surface area contributed by atoms with Gasteiger partial charge in [-0.3, -0.25) is 0 Å². The molecule has 0 amide bonds. The highest BCUT2D eigenvalue weighted by Gasteiger charge is 2.10. The fraction of sp³-hybridized carbons (Fsp3) is 0.0625. The average Bonchev–Trinajstić information content (AvgIpc) is 2.87. The SMILES string of the molecule is COc1ccc(-c2cccc3c2C=C[CH]3)cc1. The summed E-state index contributed by atoms with van der Waals surface area (Å²) in [6.45, 7) is 0. The molecule has 0 fully saturated rings. The van der Waals surface area contributed by atoms with Gasteiger partial charge in [-0.25, -0.2) is 0 Å². The molecule has 83 valence electrons. The molecule has 0 N–H and O–H groups in total. The number of rotatable bonds is 2. The maximum atomic E-state index is 5.18. The van der Waals surface area contributed by atoms with E-state index >= 15 is 0 Å². The summed E-state index contributed by atoms with van der Waals surface area (Å²) in [5.74, 6) is 0.892. The molecule has 0 unspecified atom stereocenters. The van der Waals surface area contributed by atoms with Crippen LogP contribution in [-0.2, 0) is 0 Å². The van der Waals surface area contributed by atoms with Crippen LogP contribution in [0.2, 0.25) is 0 Å². The van der Waals surface area contributed by atoms with Crippen LogP contribution in [0.25, 0.3) is 17.2 Å². The van der Waals surface area contributed by atoms with Gasteiger partial charge in [-0.2, -0.15) is 0 Å². The summed E-state index contributed by atoms with van der Waals surface area (Å²) in [4.78, 5) is 0. The predicted octanol–water partition coefficient (Wildman–Crippen LogP) is 3.94. The Bertz CT molecular complexity index is 565. The van der Waals surface area contributed by atoms with Crippen LogP contribution in [0.15, 0.2) is 48.5 Å². The molecule has 0 saturated heterocycles. The highest BCUT2D eigenvalue weighted by atomic mass is 16.5. The van der Waals surface area contributed by atoms with E-state index in [0.717, 1.165) is 5.75 Å². The number of hydrogen-bond donors (Lipinski definition) is 0. The monoisotopic (exact) mass is 221 g/mol. The highest BCUT2D eigenvalue weighted by Crippen LogP contribution is 2.32. The number of fused-ring (bicyclic) bond motifs is 1. The van der Waals surface area contributed by atoms with Crippen molar-refractivity contribution in [3.05, 3.63) is 66.1 Å². The Balaban J connectivity index is 2.09. The molecule has 0 spiro atoms. The molecule has 1 nitrogen and oxygen atoms in total. The summed E-state index contributed by atoms with van der Waals surface area (Å²) >= 11 is 0. The molecule has 0 aromatic heterocycles. The largest absolute Gasteiger partial charge is 0.497 e. The Morgan fingerprint density at radius 2 is 1.76 bits per heavy atom. The van der Waals surface area contributed by atoms with Crippen molar-refractivity contribution in [3.63, 3.8) is 0 Å². The lowest BCUT2D eigenvalue weighted by molar-refractivity contribution is 0.415. The molecule has 0 saturated carbocycles. The van der Waals surface area contributed by atoms with E-state index in [1.54, 1.807) is 7.11 Å². The molecule has 0 heterocycles. The van der Waals surface area contributed by atoms with Crippen molar-refractivity contribution in [2.24, 2.45) is 0 Å². The third-order valence-electron chi connectivity index (χ3n) is 3.08. The standard InChI is InChI=1S/C16H13O/c1-17-14-10-8-13(9-11-14)16-7-3-5-12-4-2-6-15(12)16/h2-11H,1H3. The molecule has 2 aromatic carbocycles. The quantitative estimate of drug-likeness (QED) is 0.746. The fourth-order valence-electron chi connectivity index (χ4n) is 2.18. The van der Waals surface area contributed by atoms with E-state index in [1.807, 2.05) is 12.1 Å². The molecule has 17 heavy (non-hydrogen) atoms. The lowest BCUT2D eigenvalue weighted by Gasteiger charge is -2.08. The predicted molar refractivity (Wildman–Crippen MR) is 70.9 cm³/mol. The van der Waals surface area contributed by atoms with Gasteiger partial charge in [0.1, 0.15) is 5.75 Å². The van der Waals surface area contributed by atoms with Gasteiger partial charge in [0.15, 0.2) is 0 Å². The van der Waals surface area contributed by atoms with E-state index in [0.29, 0.717) is 0 Å². The molecule has 1 radical (unpaired) electrons. The summed E-state index contributed by atoms with van der Waals surface area (Å²) in [5.41, 5.74) is 5.09. The number of hydrogen-bond acceptors (Lipinski definition) is 1. The Kier molecular flexibility index (Phi) is 2.45. The molecule has 0 atom stereocenters. The average molecular weight is 221 g/mol. The zero-order chi connectivity index (χ0) is 11.7. The van der Waals surface area contributed by atoms with Crippen molar-refractivity contribution in [2.45, 2.75) is 0 Å². The maximum Gasteiger partial charge on any atom is 0.118 e. The van der Waals surface area contributed by atoms with Crippen LogP contribution in [0.3, 0.4) is 0 Å². The van der Waals surface area contributed by atoms with E-state index in [4.69, 9.17) is 4.74 Å². The van der Waals surface area contributed by atoms with Crippen molar-refractivity contribution in [2.75, 3.05) is 7.11 Å². The van der Waals surface area contributed by atoms with E-state index in [1.165, 1.54) is 22.3 Å². The summed E-state index contributed by atoms with van der Waals surface area (Å²) < 4.78 is 5.18. The van der Waals surface area contributed by atoms with Gasteiger partial charge < -0.3 is 4.74 Å². The van der Waals surface area contributed by atoms with Gasteiger partial charge in [0, 0.05) is 6.42 Å². The van der Waals surface area contributed by atoms with Gasteiger partial charge >= 0.3 is 0 Å². The van der Waals surface area contributed by atoms with Crippen LogP contribution in [0, 0.1) is 6.42 Å². The van der Waals surface area contributed by atoms with Crippen molar-refractivity contribution in [1.29, 1.82) is 0 Å². The molecule has 1 heteroatoms. The Morgan fingerprint density at radius 3 is 2.53 bits per heavy atom. The van der Waals surface area contributed by atoms with Crippen molar-refractivity contribution >= 4 is 6.08 Å². The first kappa shape index (κ1) is 10.2. The zero-order valence-electron chi connectivity index (χ0n) is 9.68. The lowest BCUT2D eigenvalue weighted by atomic mass is 9.97. The van der Waals surface area contributed by atoms with Crippen LogP contribution in [0.4, 0.5) is 0 Å². The Morgan fingerprint density at radius 1 is 0.941 bits per heavy atom. The molecular weight excluding hydrogens is 208 g/mol. The summed E-state index contributed by atoms with van der Waals surface area (Å²) in [6.07, 6.45) is 6.40. The molecular formula is C16H13O. The van der Waals surface area contributed by atoms with Crippen LogP contribution >= 0.6 is 0 Å². The highest BCUT2D eigenvalue weighted by molar-refractivity contribution is 5.81. The minimum absolute atomic E-state index is 0.892.